The molecule has 1 saturated heterocycles. The first-order chi connectivity index (χ1) is 8.16. The molecule has 5 heteroatoms. The second kappa shape index (κ2) is 5.14. The number of hydrogen-bond donors (Lipinski definition) is 2. The first kappa shape index (κ1) is 12.5. The van der Waals surface area contributed by atoms with Crippen molar-refractivity contribution in [3.8, 4) is 0 Å². The molecule has 0 saturated carbocycles. The first-order valence-corrected chi connectivity index (χ1v) is 6.88. The minimum atomic E-state index is -0.202. The van der Waals surface area contributed by atoms with Gasteiger partial charge in [0.25, 0.3) is 0 Å². The number of amides is 1. The summed E-state index contributed by atoms with van der Waals surface area (Å²) in [5, 5.41) is 7.27. The number of nitrogens with zero attached hydrogens (tertiary/aromatic N) is 1. The molecule has 1 fully saturated rings. The molecule has 0 spiro atoms. The van der Waals surface area contributed by atoms with E-state index in [1.54, 1.807) is 11.3 Å². The Labute approximate surface area is 106 Å². The van der Waals surface area contributed by atoms with Crippen LogP contribution in [0.1, 0.15) is 29.7 Å². The van der Waals surface area contributed by atoms with Crippen molar-refractivity contribution >= 4 is 17.2 Å². The Morgan fingerprint density at radius 1 is 1.71 bits per heavy atom. The van der Waals surface area contributed by atoms with Crippen LogP contribution in [0.5, 0.6) is 0 Å². The van der Waals surface area contributed by atoms with Crippen molar-refractivity contribution in [3.05, 3.63) is 16.1 Å². The van der Waals surface area contributed by atoms with E-state index in [-0.39, 0.29) is 11.3 Å². The fourth-order valence-corrected chi connectivity index (χ4v) is 2.95. The number of aromatic nitrogens is 1. The molecule has 94 valence electrons. The van der Waals surface area contributed by atoms with Gasteiger partial charge in [-0.05, 0) is 26.3 Å². The third-order valence-corrected chi connectivity index (χ3v) is 4.38. The Morgan fingerprint density at radius 3 is 3.06 bits per heavy atom. The zero-order valence-electron chi connectivity index (χ0n) is 10.4. The van der Waals surface area contributed by atoms with Gasteiger partial charge in [0.05, 0.1) is 12.0 Å². The maximum absolute atomic E-state index is 12.2. The minimum Gasteiger partial charge on any atom is -0.349 e. The lowest BCUT2D eigenvalue weighted by molar-refractivity contribution is -0.130. The van der Waals surface area contributed by atoms with Crippen LogP contribution in [-0.2, 0) is 11.3 Å². The lowest BCUT2D eigenvalue weighted by atomic mass is 9.83. The molecule has 1 aromatic heterocycles. The van der Waals surface area contributed by atoms with Gasteiger partial charge in [-0.2, -0.15) is 0 Å². The van der Waals surface area contributed by atoms with E-state index < -0.39 is 0 Å². The number of hydrogen-bond acceptors (Lipinski definition) is 4. The van der Waals surface area contributed by atoms with Crippen molar-refractivity contribution < 1.29 is 4.79 Å². The highest BCUT2D eigenvalue weighted by atomic mass is 32.1. The van der Waals surface area contributed by atoms with E-state index in [9.17, 15) is 4.79 Å². The molecule has 0 bridgehead atoms. The molecule has 17 heavy (non-hydrogen) atoms. The van der Waals surface area contributed by atoms with Gasteiger partial charge < -0.3 is 10.6 Å². The molecule has 1 unspecified atom stereocenters. The number of thiazole rings is 1. The SMILES string of the molecule is CCC1(C(=O)NCc2ncc(C)s2)CCNC1. The summed E-state index contributed by atoms with van der Waals surface area (Å²) in [7, 11) is 0. The minimum absolute atomic E-state index is 0.165. The highest BCUT2D eigenvalue weighted by Gasteiger charge is 2.39. The molecule has 2 heterocycles. The Bertz CT molecular complexity index is 396. The van der Waals surface area contributed by atoms with Gasteiger partial charge in [-0.25, -0.2) is 4.98 Å². The number of aryl methyl sites for hydroxylation is 1. The third-order valence-electron chi connectivity index (χ3n) is 3.47. The summed E-state index contributed by atoms with van der Waals surface area (Å²) in [5.41, 5.74) is -0.202. The number of carbonyl (C=O) groups is 1. The van der Waals surface area contributed by atoms with Gasteiger partial charge >= 0.3 is 0 Å². The van der Waals surface area contributed by atoms with Crippen molar-refractivity contribution in [2.24, 2.45) is 5.41 Å². The van der Waals surface area contributed by atoms with E-state index in [2.05, 4.69) is 22.5 Å². The quantitative estimate of drug-likeness (QED) is 0.854. The standard InChI is InChI=1S/C12H19N3OS/c1-3-12(4-5-13-8-12)11(16)15-7-10-14-6-9(2)17-10/h6,13H,3-5,7-8H2,1-2H3,(H,15,16). The van der Waals surface area contributed by atoms with Gasteiger partial charge in [-0.3, -0.25) is 4.79 Å². The van der Waals surface area contributed by atoms with E-state index in [1.807, 2.05) is 13.1 Å². The van der Waals surface area contributed by atoms with Crippen LogP contribution in [0.4, 0.5) is 0 Å². The summed E-state index contributed by atoms with van der Waals surface area (Å²) in [6, 6.07) is 0. The summed E-state index contributed by atoms with van der Waals surface area (Å²) in [4.78, 5) is 17.6. The third kappa shape index (κ3) is 2.66. The smallest absolute Gasteiger partial charge is 0.227 e. The van der Waals surface area contributed by atoms with Crippen LogP contribution in [0.3, 0.4) is 0 Å². The molecule has 0 aromatic carbocycles. The van der Waals surface area contributed by atoms with Crippen LogP contribution < -0.4 is 10.6 Å². The van der Waals surface area contributed by atoms with Crippen LogP contribution in [0.25, 0.3) is 0 Å². The predicted octanol–water partition coefficient (Wildman–Crippen LogP) is 1.46. The van der Waals surface area contributed by atoms with Crippen molar-refractivity contribution in [1.82, 2.24) is 15.6 Å². The summed E-state index contributed by atoms with van der Waals surface area (Å²) in [6.45, 7) is 6.40. The molecule has 2 rings (SSSR count). The highest BCUT2D eigenvalue weighted by Crippen LogP contribution is 2.29. The second-order valence-corrected chi connectivity index (χ2v) is 5.93. The van der Waals surface area contributed by atoms with E-state index in [0.717, 1.165) is 30.9 Å². The van der Waals surface area contributed by atoms with Crippen molar-refractivity contribution in [2.75, 3.05) is 13.1 Å². The summed E-state index contributed by atoms with van der Waals surface area (Å²) >= 11 is 1.64. The van der Waals surface area contributed by atoms with E-state index >= 15 is 0 Å². The van der Waals surface area contributed by atoms with Gasteiger partial charge in [0.1, 0.15) is 5.01 Å². The molecule has 0 aliphatic carbocycles. The molecular weight excluding hydrogens is 234 g/mol. The maximum Gasteiger partial charge on any atom is 0.227 e. The van der Waals surface area contributed by atoms with Crippen LogP contribution in [0, 0.1) is 12.3 Å². The molecule has 4 nitrogen and oxygen atoms in total. The molecule has 1 aliphatic heterocycles. The zero-order chi connectivity index (χ0) is 12.3. The molecule has 1 aromatic rings. The lowest BCUT2D eigenvalue weighted by Crippen LogP contribution is -2.41. The number of rotatable bonds is 4. The average Bonchev–Trinajstić information content (AvgIpc) is 2.95. The summed E-state index contributed by atoms with van der Waals surface area (Å²) < 4.78 is 0. The Kier molecular flexibility index (Phi) is 3.79. The Morgan fingerprint density at radius 2 is 2.53 bits per heavy atom. The average molecular weight is 253 g/mol. The normalized spacial score (nSPS) is 23.9. The zero-order valence-corrected chi connectivity index (χ0v) is 11.2. The van der Waals surface area contributed by atoms with Gasteiger partial charge in [0, 0.05) is 17.6 Å². The van der Waals surface area contributed by atoms with Crippen molar-refractivity contribution in [1.29, 1.82) is 0 Å². The van der Waals surface area contributed by atoms with E-state index in [1.165, 1.54) is 4.88 Å². The molecule has 1 atom stereocenters. The van der Waals surface area contributed by atoms with Gasteiger partial charge in [0.15, 0.2) is 0 Å². The van der Waals surface area contributed by atoms with Gasteiger partial charge in [0.2, 0.25) is 5.91 Å². The van der Waals surface area contributed by atoms with E-state index in [4.69, 9.17) is 0 Å². The second-order valence-electron chi connectivity index (χ2n) is 4.61. The highest BCUT2D eigenvalue weighted by molar-refractivity contribution is 7.11. The van der Waals surface area contributed by atoms with E-state index in [0.29, 0.717) is 6.54 Å². The number of carbonyl (C=O) groups excluding carboxylic acids is 1. The van der Waals surface area contributed by atoms with Crippen molar-refractivity contribution in [2.45, 2.75) is 33.2 Å². The fourth-order valence-electron chi connectivity index (χ4n) is 2.23. The van der Waals surface area contributed by atoms with Gasteiger partial charge in [-0.1, -0.05) is 6.92 Å². The van der Waals surface area contributed by atoms with Crippen molar-refractivity contribution in [3.63, 3.8) is 0 Å². The van der Waals surface area contributed by atoms with Crippen LogP contribution in [-0.4, -0.2) is 24.0 Å². The fraction of sp³-hybridized carbons (Fsp3) is 0.667. The lowest BCUT2D eigenvalue weighted by Gasteiger charge is -2.24. The van der Waals surface area contributed by atoms with Crippen LogP contribution >= 0.6 is 11.3 Å². The maximum atomic E-state index is 12.2. The first-order valence-electron chi connectivity index (χ1n) is 6.06. The van der Waals surface area contributed by atoms with Gasteiger partial charge in [-0.15, -0.1) is 11.3 Å². The Hall–Kier alpha value is -0.940. The summed E-state index contributed by atoms with van der Waals surface area (Å²) in [5.74, 6) is 0.165. The largest absolute Gasteiger partial charge is 0.349 e. The van der Waals surface area contributed by atoms with Crippen LogP contribution in [0.15, 0.2) is 6.20 Å². The summed E-state index contributed by atoms with van der Waals surface area (Å²) in [6.07, 6.45) is 3.67. The molecule has 2 N–H and O–H groups in total. The molecule has 1 amide bonds. The monoisotopic (exact) mass is 253 g/mol. The predicted molar refractivity (Wildman–Crippen MR) is 68.9 cm³/mol. The Balaban J connectivity index is 1.92. The number of nitrogens with one attached hydrogen (secondary N) is 2. The molecular formula is C12H19N3OS. The molecule has 1 aliphatic rings. The topological polar surface area (TPSA) is 54.0 Å². The molecule has 0 radical (unpaired) electrons. The van der Waals surface area contributed by atoms with Crippen LogP contribution in [0.2, 0.25) is 0 Å².